The summed E-state index contributed by atoms with van der Waals surface area (Å²) in [6.07, 6.45) is 5.91. The Balaban J connectivity index is 1.85. The molecule has 20 heavy (non-hydrogen) atoms. The van der Waals surface area contributed by atoms with Gasteiger partial charge in [0, 0.05) is 11.5 Å². The van der Waals surface area contributed by atoms with Gasteiger partial charge >= 0.3 is 5.97 Å². The molecule has 0 radical (unpaired) electrons. The van der Waals surface area contributed by atoms with Gasteiger partial charge in [0.2, 0.25) is 0 Å². The highest BCUT2D eigenvalue weighted by molar-refractivity contribution is 5.88. The molecule has 5 nitrogen and oxygen atoms in total. The summed E-state index contributed by atoms with van der Waals surface area (Å²) in [5.41, 5.74) is 0.874. The molecule has 1 heterocycles. The molecule has 104 valence electrons. The standard InChI is InChI=1S/C15H16N2O3/c18-15(19)12-8-4-7-11(9-12)14-16-13(17-20-14)10-5-2-1-3-6-10/h4,7-10H,1-3,5-6H2,(H,18,19). The van der Waals surface area contributed by atoms with Crippen molar-refractivity contribution in [2.24, 2.45) is 0 Å². The minimum Gasteiger partial charge on any atom is -0.478 e. The van der Waals surface area contributed by atoms with Crippen LogP contribution in [0.25, 0.3) is 11.5 Å². The summed E-state index contributed by atoms with van der Waals surface area (Å²) >= 11 is 0. The Bertz CT molecular complexity index is 615. The molecular weight excluding hydrogens is 256 g/mol. The topological polar surface area (TPSA) is 76.2 Å². The second kappa shape index (κ2) is 5.45. The number of hydrogen-bond donors (Lipinski definition) is 1. The van der Waals surface area contributed by atoms with E-state index in [9.17, 15) is 4.79 Å². The van der Waals surface area contributed by atoms with E-state index in [1.54, 1.807) is 24.3 Å². The quantitative estimate of drug-likeness (QED) is 0.925. The van der Waals surface area contributed by atoms with Gasteiger partial charge < -0.3 is 9.63 Å². The smallest absolute Gasteiger partial charge is 0.335 e. The third-order valence-corrected chi connectivity index (χ3v) is 3.77. The molecule has 0 amide bonds. The van der Waals surface area contributed by atoms with Crippen molar-refractivity contribution in [3.05, 3.63) is 35.7 Å². The molecule has 0 atom stereocenters. The molecule has 0 bridgehead atoms. The lowest BCUT2D eigenvalue weighted by Gasteiger charge is -2.17. The average molecular weight is 272 g/mol. The van der Waals surface area contributed by atoms with Crippen molar-refractivity contribution >= 4 is 5.97 Å². The third kappa shape index (κ3) is 2.57. The number of carboxylic acid groups (broad SMARTS) is 1. The average Bonchev–Trinajstić information content (AvgIpc) is 2.98. The van der Waals surface area contributed by atoms with E-state index in [-0.39, 0.29) is 5.56 Å². The van der Waals surface area contributed by atoms with E-state index in [2.05, 4.69) is 10.1 Å². The molecule has 5 heteroatoms. The van der Waals surface area contributed by atoms with Gasteiger partial charge in [-0.1, -0.05) is 30.5 Å². The number of hydrogen-bond acceptors (Lipinski definition) is 4. The molecular formula is C15H16N2O3. The van der Waals surface area contributed by atoms with E-state index >= 15 is 0 Å². The number of carbonyl (C=O) groups is 1. The Hall–Kier alpha value is -2.17. The lowest BCUT2D eigenvalue weighted by Crippen LogP contribution is -2.06. The highest BCUT2D eigenvalue weighted by Crippen LogP contribution is 2.32. The lowest BCUT2D eigenvalue weighted by molar-refractivity contribution is 0.0697. The van der Waals surface area contributed by atoms with E-state index in [4.69, 9.17) is 9.63 Å². The van der Waals surface area contributed by atoms with Crippen molar-refractivity contribution in [1.82, 2.24) is 10.1 Å². The number of aromatic nitrogens is 2. The molecule has 0 spiro atoms. The minimum atomic E-state index is -0.959. The predicted molar refractivity (Wildman–Crippen MR) is 72.5 cm³/mol. The first-order valence-corrected chi connectivity index (χ1v) is 6.91. The van der Waals surface area contributed by atoms with Gasteiger partial charge in [0.25, 0.3) is 5.89 Å². The molecule has 1 aromatic heterocycles. The second-order valence-corrected chi connectivity index (χ2v) is 5.18. The molecule has 3 rings (SSSR count). The van der Waals surface area contributed by atoms with E-state index < -0.39 is 5.97 Å². The van der Waals surface area contributed by atoms with Crippen molar-refractivity contribution in [2.45, 2.75) is 38.0 Å². The molecule has 0 unspecified atom stereocenters. The fraction of sp³-hybridized carbons (Fsp3) is 0.400. The molecule has 1 aliphatic rings. The summed E-state index contributed by atoms with van der Waals surface area (Å²) in [5.74, 6) is 0.567. The van der Waals surface area contributed by atoms with E-state index in [1.165, 1.54) is 19.3 Å². The molecule has 1 aliphatic carbocycles. The van der Waals surface area contributed by atoms with Crippen LogP contribution < -0.4 is 0 Å². The second-order valence-electron chi connectivity index (χ2n) is 5.18. The third-order valence-electron chi connectivity index (χ3n) is 3.77. The van der Waals surface area contributed by atoms with Crippen molar-refractivity contribution in [3.8, 4) is 11.5 Å². The zero-order chi connectivity index (χ0) is 13.9. The Labute approximate surface area is 116 Å². The van der Waals surface area contributed by atoms with Crippen molar-refractivity contribution < 1.29 is 14.4 Å². The highest BCUT2D eigenvalue weighted by atomic mass is 16.5. The van der Waals surface area contributed by atoms with Crippen molar-refractivity contribution in [1.29, 1.82) is 0 Å². The number of carboxylic acids is 1. The zero-order valence-corrected chi connectivity index (χ0v) is 11.1. The first kappa shape index (κ1) is 12.8. The highest BCUT2D eigenvalue weighted by Gasteiger charge is 2.21. The molecule has 2 aromatic rings. The number of nitrogens with zero attached hydrogens (tertiary/aromatic N) is 2. The van der Waals surface area contributed by atoms with Gasteiger partial charge in [-0.3, -0.25) is 0 Å². The Morgan fingerprint density at radius 3 is 2.80 bits per heavy atom. The Morgan fingerprint density at radius 1 is 1.25 bits per heavy atom. The summed E-state index contributed by atoms with van der Waals surface area (Å²) in [7, 11) is 0. The maximum Gasteiger partial charge on any atom is 0.335 e. The van der Waals surface area contributed by atoms with Crippen LogP contribution in [0.4, 0.5) is 0 Å². The van der Waals surface area contributed by atoms with Crippen LogP contribution in [0.15, 0.2) is 28.8 Å². The van der Waals surface area contributed by atoms with Crippen LogP contribution in [0, 0.1) is 0 Å². The van der Waals surface area contributed by atoms with E-state index in [0.717, 1.165) is 18.7 Å². The van der Waals surface area contributed by atoms with Gasteiger partial charge in [0.05, 0.1) is 5.56 Å². The van der Waals surface area contributed by atoms with Gasteiger partial charge in [0.1, 0.15) is 0 Å². The fourth-order valence-electron chi connectivity index (χ4n) is 2.66. The van der Waals surface area contributed by atoms with Crippen LogP contribution in [0.5, 0.6) is 0 Å². The van der Waals surface area contributed by atoms with Gasteiger partial charge in [-0.05, 0) is 31.0 Å². The molecule has 1 aromatic carbocycles. The van der Waals surface area contributed by atoms with Crippen LogP contribution in [0.1, 0.15) is 54.2 Å². The van der Waals surface area contributed by atoms with Crippen molar-refractivity contribution in [2.75, 3.05) is 0 Å². The molecule has 0 saturated heterocycles. The zero-order valence-electron chi connectivity index (χ0n) is 11.1. The Morgan fingerprint density at radius 2 is 2.05 bits per heavy atom. The van der Waals surface area contributed by atoms with E-state index in [0.29, 0.717) is 17.4 Å². The van der Waals surface area contributed by atoms with Gasteiger partial charge in [-0.2, -0.15) is 4.98 Å². The largest absolute Gasteiger partial charge is 0.478 e. The minimum absolute atomic E-state index is 0.222. The summed E-state index contributed by atoms with van der Waals surface area (Å²) in [4.78, 5) is 15.4. The summed E-state index contributed by atoms with van der Waals surface area (Å²) in [6.45, 7) is 0. The van der Waals surface area contributed by atoms with E-state index in [1.807, 2.05) is 0 Å². The van der Waals surface area contributed by atoms with Crippen LogP contribution in [-0.2, 0) is 0 Å². The maximum absolute atomic E-state index is 11.0. The Kier molecular flexibility index (Phi) is 3.50. The number of rotatable bonds is 3. The molecule has 0 aliphatic heterocycles. The molecule has 1 fully saturated rings. The number of aromatic carboxylic acids is 1. The number of benzene rings is 1. The first-order chi connectivity index (χ1) is 9.74. The summed E-state index contributed by atoms with van der Waals surface area (Å²) < 4.78 is 5.28. The van der Waals surface area contributed by atoms with Crippen LogP contribution in [0.2, 0.25) is 0 Å². The summed E-state index contributed by atoms with van der Waals surface area (Å²) in [6, 6.07) is 6.57. The molecule has 1 N–H and O–H groups in total. The first-order valence-electron chi connectivity index (χ1n) is 6.91. The maximum atomic E-state index is 11.0. The van der Waals surface area contributed by atoms with Gasteiger partial charge in [-0.15, -0.1) is 0 Å². The van der Waals surface area contributed by atoms with Gasteiger partial charge in [0.15, 0.2) is 5.82 Å². The fourth-order valence-corrected chi connectivity index (χ4v) is 2.66. The predicted octanol–water partition coefficient (Wildman–Crippen LogP) is 3.48. The normalized spacial score (nSPS) is 16.2. The monoisotopic (exact) mass is 272 g/mol. The van der Waals surface area contributed by atoms with Crippen LogP contribution >= 0.6 is 0 Å². The van der Waals surface area contributed by atoms with Gasteiger partial charge in [-0.25, -0.2) is 4.79 Å². The van der Waals surface area contributed by atoms with Crippen molar-refractivity contribution in [3.63, 3.8) is 0 Å². The lowest BCUT2D eigenvalue weighted by atomic mass is 9.89. The summed E-state index contributed by atoms with van der Waals surface area (Å²) in [5, 5.41) is 13.1. The molecule has 1 saturated carbocycles. The SMILES string of the molecule is O=C(O)c1cccc(-c2nc(C3CCCCC3)no2)c1. The van der Waals surface area contributed by atoms with Crippen LogP contribution in [0.3, 0.4) is 0 Å². The van der Waals surface area contributed by atoms with Crippen LogP contribution in [-0.4, -0.2) is 21.2 Å².